The van der Waals surface area contributed by atoms with Gasteiger partial charge in [-0.1, -0.05) is 30.3 Å². The van der Waals surface area contributed by atoms with Gasteiger partial charge in [0.05, 0.1) is 12.1 Å². The molecule has 1 heterocycles. The summed E-state index contributed by atoms with van der Waals surface area (Å²) in [6.07, 6.45) is -0.391. The van der Waals surface area contributed by atoms with Gasteiger partial charge >= 0.3 is 0 Å². The third-order valence-corrected chi connectivity index (χ3v) is 3.10. The average Bonchev–Trinajstić information content (AvgIpc) is 2.55. The molecule has 0 aromatic heterocycles. The van der Waals surface area contributed by atoms with Crippen molar-refractivity contribution in [3.63, 3.8) is 0 Å². The number of hydrogen-bond acceptors (Lipinski definition) is 3. The number of rotatable bonds is 3. The number of ketones is 1. The second-order valence-electron chi connectivity index (χ2n) is 4.38. The van der Waals surface area contributed by atoms with Crippen LogP contribution in [0.4, 0.5) is 0 Å². The molecule has 4 heteroatoms. The second-order valence-corrected chi connectivity index (χ2v) is 4.38. The Bertz CT molecular complexity index is 430. The van der Waals surface area contributed by atoms with Crippen molar-refractivity contribution in [3.05, 3.63) is 35.9 Å². The maximum atomic E-state index is 11.5. The molecular weight excluding hydrogens is 218 g/mol. The van der Waals surface area contributed by atoms with Crippen molar-refractivity contribution in [1.82, 2.24) is 5.32 Å². The van der Waals surface area contributed by atoms with Crippen LogP contribution >= 0.6 is 0 Å². The minimum atomic E-state index is -0.930. The van der Waals surface area contributed by atoms with Gasteiger partial charge in [-0.3, -0.25) is 9.59 Å². The van der Waals surface area contributed by atoms with Crippen molar-refractivity contribution in [2.45, 2.75) is 25.5 Å². The molecule has 0 aliphatic carbocycles. The number of aliphatic hydroxyl groups excluding tert-OH is 1. The van der Waals surface area contributed by atoms with E-state index in [4.69, 9.17) is 0 Å². The third kappa shape index (κ3) is 2.36. The first-order valence-electron chi connectivity index (χ1n) is 5.62. The Labute approximate surface area is 99.6 Å². The topological polar surface area (TPSA) is 66.4 Å². The molecule has 0 saturated carbocycles. The molecule has 1 amide bonds. The van der Waals surface area contributed by atoms with Gasteiger partial charge in [-0.05, 0) is 18.9 Å². The maximum Gasteiger partial charge on any atom is 0.233 e. The molecule has 1 aliphatic heterocycles. The van der Waals surface area contributed by atoms with Crippen molar-refractivity contribution >= 4 is 11.7 Å². The summed E-state index contributed by atoms with van der Waals surface area (Å²) in [6, 6.07) is 9.20. The number of aliphatic hydroxyl groups is 1. The smallest absolute Gasteiger partial charge is 0.233 e. The largest absolute Gasteiger partial charge is 0.390 e. The summed E-state index contributed by atoms with van der Waals surface area (Å²) in [5.74, 6) is -1.57. The predicted octanol–water partition coefficient (Wildman–Crippen LogP) is 0.294. The van der Waals surface area contributed by atoms with Crippen molar-refractivity contribution in [2.24, 2.45) is 5.92 Å². The van der Waals surface area contributed by atoms with Crippen LogP contribution in [0.2, 0.25) is 0 Å². The van der Waals surface area contributed by atoms with Crippen molar-refractivity contribution in [2.75, 3.05) is 0 Å². The van der Waals surface area contributed by atoms with E-state index in [0.29, 0.717) is 6.42 Å². The number of hydrogen-bond donors (Lipinski definition) is 2. The molecule has 1 aromatic carbocycles. The van der Waals surface area contributed by atoms with Gasteiger partial charge in [-0.15, -0.1) is 0 Å². The van der Waals surface area contributed by atoms with Crippen LogP contribution in [-0.4, -0.2) is 28.9 Å². The molecular formula is C13H15NO3. The monoisotopic (exact) mass is 233 g/mol. The molecule has 2 N–H and O–H groups in total. The number of nitrogens with one attached hydrogen (secondary N) is 1. The molecule has 2 rings (SSSR count). The summed E-state index contributed by atoms with van der Waals surface area (Å²) < 4.78 is 0. The number of amides is 1. The van der Waals surface area contributed by atoms with E-state index in [-0.39, 0.29) is 17.7 Å². The summed E-state index contributed by atoms with van der Waals surface area (Å²) in [6.45, 7) is 1.33. The summed E-state index contributed by atoms with van der Waals surface area (Å²) in [7, 11) is 0. The van der Waals surface area contributed by atoms with E-state index in [1.54, 1.807) is 0 Å². The second kappa shape index (κ2) is 4.67. The Morgan fingerprint density at radius 1 is 1.35 bits per heavy atom. The Kier molecular flexibility index (Phi) is 3.24. The average molecular weight is 233 g/mol. The highest BCUT2D eigenvalue weighted by Crippen LogP contribution is 2.20. The zero-order valence-corrected chi connectivity index (χ0v) is 9.59. The fourth-order valence-electron chi connectivity index (χ4n) is 2.21. The molecule has 0 radical (unpaired) electrons. The minimum Gasteiger partial charge on any atom is -0.390 e. The Hall–Kier alpha value is -1.68. The zero-order valence-electron chi connectivity index (χ0n) is 9.59. The van der Waals surface area contributed by atoms with Crippen LogP contribution in [0, 0.1) is 5.92 Å². The quantitative estimate of drug-likeness (QED) is 0.738. The summed E-state index contributed by atoms with van der Waals surface area (Å²) >= 11 is 0. The van der Waals surface area contributed by atoms with Crippen LogP contribution in [0.5, 0.6) is 0 Å². The Balaban J connectivity index is 2.10. The van der Waals surface area contributed by atoms with E-state index in [1.807, 2.05) is 30.3 Å². The third-order valence-electron chi connectivity index (χ3n) is 3.10. The molecule has 0 spiro atoms. The highest BCUT2D eigenvalue weighted by molar-refractivity contribution is 6.02. The van der Waals surface area contributed by atoms with Gasteiger partial charge in [0.25, 0.3) is 0 Å². The standard InChI is InChI=1S/C13H15NO3/c1-8(15)11-12(16)10(14-13(11)17)7-9-5-3-2-4-6-9/h2-6,10-12,16H,7H2,1H3,(H,14,17). The molecule has 3 atom stereocenters. The van der Waals surface area contributed by atoms with Gasteiger partial charge in [0.1, 0.15) is 11.7 Å². The van der Waals surface area contributed by atoms with E-state index >= 15 is 0 Å². The minimum absolute atomic E-state index is 0.287. The molecule has 4 nitrogen and oxygen atoms in total. The molecule has 3 unspecified atom stereocenters. The molecule has 0 bridgehead atoms. The lowest BCUT2D eigenvalue weighted by Crippen LogP contribution is -2.34. The predicted molar refractivity (Wildman–Crippen MR) is 62.3 cm³/mol. The van der Waals surface area contributed by atoms with Crippen molar-refractivity contribution < 1.29 is 14.7 Å². The van der Waals surface area contributed by atoms with Gasteiger partial charge in [0, 0.05) is 0 Å². The van der Waals surface area contributed by atoms with Crippen LogP contribution in [0.1, 0.15) is 12.5 Å². The van der Waals surface area contributed by atoms with Crippen LogP contribution in [-0.2, 0) is 16.0 Å². The fraction of sp³-hybridized carbons (Fsp3) is 0.385. The van der Waals surface area contributed by atoms with Crippen molar-refractivity contribution in [1.29, 1.82) is 0 Å². The Morgan fingerprint density at radius 3 is 2.53 bits per heavy atom. The van der Waals surface area contributed by atoms with E-state index in [1.165, 1.54) is 6.92 Å². The lowest BCUT2D eigenvalue weighted by Gasteiger charge is -2.15. The Morgan fingerprint density at radius 2 is 2.00 bits per heavy atom. The van der Waals surface area contributed by atoms with Gasteiger partial charge in [0.15, 0.2) is 0 Å². The first-order chi connectivity index (χ1) is 8.09. The number of carbonyl (C=O) groups excluding carboxylic acids is 2. The van der Waals surface area contributed by atoms with Crippen molar-refractivity contribution in [3.8, 4) is 0 Å². The van der Waals surface area contributed by atoms with Gasteiger partial charge in [0.2, 0.25) is 5.91 Å². The zero-order chi connectivity index (χ0) is 12.4. The summed E-state index contributed by atoms with van der Waals surface area (Å²) in [4.78, 5) is 22.8. The molecule has 1 saturated heterocycles. The number of benzene rings is 1. The highest BCUT2D eigenvalue weighted by atomic mass is 16.3. The lowest BCUT2D eigenvalue weighted by atomic mass is 9.94. The van der Waals surface area contributed by atoms with E-state index < -0.39 is 12.0 Å². The van der Waals surface area contributed by atoms with Gasteiger partial charge < -0.3 is 10.4 Å². The number of Topliss-reactive ketones (excluding diaryl/α,β-unsaturated/α-hetero) is 1. The van der Waals surface area contributed by atoms with Crippen LogP contribution in [0.3, 0.4) is 0 Å². The molecule has 1 fully saturated rings. The van der Waals surface area contributed by atoms with Gasteiger partial charge in [-0.25, -0.2) is 0 Å². The van der Waals surface area contributed by atoms with E-state index in [9.17, 15) is 14.7 Å². The van der Waals surface area contributed by atoms with E-state index in [2.05, 4.69) is 5.32 Å². The van der Waals surface area contributed by atoms with Crippen LogP contribution in [0.25, 0.3) is 0 Å². The maximum absolute atomic E-state index is 11.5. The number of carbonyl (C=O) groups is 2. The van der Waals surface area contributed by atoms with E-state index in [0.717, 1.165) is 5.56 Å². The summed E-state index contributed by atoms with van der Waals surface area (Å²) in [5.41, 5.74) is 1.03. The lowest BCUT2D eigenvalue weighted by molar-refractivity contribution is -0.132. The molecule has 1 aliphatic rings. The highest BCUT2D eigenvalue weighted by Gasteiger charge is 2.43. The first-order valence-corrected chi connectivity index (χ1v) is 5.62. The van der Waals surface area contributed by atoms with Crippen LogP contribution in [0.15, 0.2) is 30.3 Å². The van der Waals surface area contributed by atoms with Crippen LogP contribution < -0.4 is 5.32 Å². The SMILES string of the molecule is CC(=O)C1C(=O)NC(Cc2ccccc2)C1O. The normalized spacial score (nSPS) is 27.9. The van der Waals surface area contributed by atoms with Gasteiger partial charge in [-0.2, -0.15) is 0 Å². The molecule has 17 heavy (non-hydrogen) atoms. The summed E-state index contributed by atoms with van der Waals surface area (Å²) in [5, 5.41) is 12.6. The fourth-order valence-corrected chi connectivity index (χ4v) is 2.21. The molecule has 1 aromatic rings. The first kappa shape index (κ1) is 11.8. The molecule has 90 valence electrons.